The Bertz CT molecular complexity index is 1390. The number of hydrogen-bond acceptors (Lipinski definition) is 8. The van der Waals surface area contributed by atoms with E-state index in [2.05, 4.69) is 15.2 Å². The zero-order chi connectivity index (χ0) is 30.2. The molecule has 12 nitrogen and oxygen atoms in total. The standard InChI is InChI=1S/C22H23FN4O.C6H8O7/c1-16(28)26-22(17-6-8-18(23)9-7-17)10-12-27(13-11-22)15-19-14-24-20-4-2-3-5-21(20)25-19;7-3(8)1-6(13,5(11)12)2-4(9)10/h2-9,14H,10-13,15H2,1H3,(H,26,28);13H,1-2H2,(H,7,8)(H,9,10)(H,11,12). The summed E-state index contributed by atoms with van der Waals surface area (Å²) in [7, 11) is 0. The normalized spacial score (nSPS) is 14.9. The molecule has 0 bridgehead atoms. The molecule has 0 radical (unpaired) electrons. The highest BCUT2D eigenvalue weighted by Crippen LogP contribution is 2.33. The molecule has 1 fully saturated rings. The van der Waals surface area contributed by atoms with Gasteiger partial charge in [-0.15, -0.1) is 0 Å². The van der Waals surface area contributed by atoms with Gasteiger partial charge in [-0.2, -0.15) is 0 Å². The summed E-state index contributed by atoms with van der Waals surface area (Å²) in [5.74, 6) is -5.36. The summed E-state index contributed by atoms with van der Waals surface area (Å²) < 4.78 is 13.3. The molecule has 0 unspecified atom stereocenters. The van der Waals surface area contributed by atoms with Crippen molar-refractivity contribution < 1.29 is 44.0 Å². The van der Waals surface area contributed by atoms with Crippen LogP contribution in [0.2, 0.25) is 0 Å². The molecule has 218 valence electrons. The molecule has 1 saturated heterocycles. The Morgan fingerprint density at radius 2 is 1.51 bits per heavy atom. The van der Waals surface area contributed by atoms with Gasteiger partial charge in [0.25, 0.3) is 0 Å². The van der Waals surface area contributed by atoms with Crippen LogP contribution >= 0.6 is 0 Å². The molecule has 4 rings (SSSR count). The molecule has 2 heterocycles. The summed E-state index contributed by atoms with van der Waals surface area (Å²) in [6.07, 6.45) is 1.07. The minimum atomic E-state index is -2.74. The van der Waals surface area contributed by atoms with Crippen molar-refractivity contribution in [1.29, 1.82) is 0 Å². The van der Waals surface area contributed by atoms with E-state index in [0.29, 0.717) is 0 Å². The van der Waals surface area contributed by atoms with E-state index in [9.17, 15) is 23.6 Å². The van der Waals surface area contributed by atoms with Crippen LogP contribution in [-0.4, -0.2) is 77.8 Å². The third-order valence-corrected chi connectivity index (χ3v) is 6.69. The highest BCUT2D eigenvalue weighted by atomic mass is 19.1. The molecule has 0 atom stereocenters. The number of halogens is 1. The summed E-state index contributed by atoms with van der Waals surface area (Å²) in [6, 6.07) is 14.3. The first-order chi connectivity index (χ1) is 19.3. The molecule has 1 aliphatic rings. The number of carbonyl (C=O) groups excluding carboxylic acids is 1. The number of nitrogens with zero attached hydrogens (tertiary/aromatic N) is 3. The van der Waals surface area contributed by atoms with Crippen molar-refractivity contribution in [2.75, 3.05) is 13.1 Å². The predicted octanol–water partition coefficient (Wildman–Crippen LogP) is 2.15. The second-order valence-electron chi connectivity index (χ2n) is 9.87. The van der Waals surface area contributed by atoms with Gasteiger partial charge in [-0.05, 0) is 42.7 Å². The lowest BCUT2D eigenvalue weighted by atomic mass is 9.80. The van der Waals surface area contributed by atoms with Gasteiger partial charge in [-0.3, -0.25) is 24.3 Å². The highest BCUT2D eigenvalue weighted by molar-refractivity contribution is 5.88. The molecule has 5 N–H and O–H groups in total. The Morgan fingerprint density at radius 3 is 2.02 bits per heavy atom. The maximum atomic E-state index is 13.3. The molecule has 3 aromatic rings. The van der Waals surface area contributed by atoms with Gasteiger partial charge >= 0.3 is 17.9 Å². The van der Waals surface area contributed by atoms with Gasteiger partial charge in [0.2, 0.25) is 5.91 Å². The van der Waals surface area contributed by atoms with Crippen molar-refractivity contribution in [3.05, 3.63) is 71.8 Å². The fourth-order valence-electron chi connectivity index (χ4n) is 4.70. The van der Waals surface area contributed by atoms with Crippen molar-refractivity contribution in [1.82, 2.24) is 20.2 Å². The van der Waals surface area contributed by atoms with E-state index in [-0.39, 0.29) is 11.7 Å². The first-order valence-electron chi connectivity index (χ1n) is 12.7. The monoisotopic (exact) mass is 570 g/mol. The fraction of sp³-hybridized carbons (Fsp3) is 0.357. The number of aliphatic hydroxyl groups is 1. The zero-order valence-corrected chi connectivity index (χ0v) is 22.3. The number of carboxylic acids is 3. The molecule has 1 aromatic heterocycles. The van der Waals surface area contributed by atoms with Crippen molar-refractivity contribution in [3.8, 4) is 0 Å². The molecule has 0 saturated carbocycles. The maximum absolute atomic E-state index is 13.3. The number of benzene rings is 2. The fourth-order valence-corrected chi connectivity index (χ4v) is 4.70. The first-order valence-corrected chi connectivity index (χ1v) is 12.7. The second kappa shape index (κ2) is 13.2. The van der Waals surface area contributed by atoms with Crippen LogP contribution in [0.3, 0.4) is 0 Å². The molecular weight excluding hydrogens is 539 g/mol. The summed E-state index contributed by atoms with van der Waals surface area (Å²) in [5, 5.41) is 36.9. The molecule has 0 aliphatic carbocycles. The topological polar surface area (TPSA) is 190 Å². The third kappa shape index (κ3) is 8.50. The lowest BCUT2D eigenvalue weighted by Crippen LogP contribution is -2.52. The molecule has 0 spiro atoms. The number of aliphatic carboxylic acids is 3. The smallest absolute Gasteiger partial charge is 0.336 e. The average Bonchev–Trinajstić information content (AvgIpc) is 2.89. The van der Waals surface area contributed by atoms with Crippen LogP contribution in [0.25, 0.3) is 11.0 Å². The van der Waals surface area contributed by atoms with Crippen molar-refractivity contribution in [2.24, 2.45) is 0 Å². The van der Waals surface area contributed by atoms with Gasteiger partial charge in [0.1, 0.15) is 5.82 Å². The van der Waals surface area contributed by atoms with Crippen LogP contribution in [0.15, 0.2) is 54.7 Å². The Labute approximate surface area is 234 Å². The summed E-state index contributed by atoms with van der Waals surface area (Å²) in [4.78, 5) is 53.8. The van der Waals surface area contributed by atoms with Crippen LogP contribution in [0.5, 0.6) is 0 Å². The van der Waals surface area contributed by atoms with Crippen molar-refractivity contribution >= 4 is 34.8 Å². The highest BCUT2D eigenvalue weighted by Gasteiger charge is 2.41. The molecule has 13 heteroatoms. The number of para-hydroxylation sites is 2. The van der Waals surface area contributed by atoms with Crippen LogP contribution in [-0.2, 0) is 31.3 Å². The number of carboxylic acid groups (broad SMARTS) is 3. The van der Waals surface area contributed by atoms with Gasteiger partial charge < -0.3 is 25.7 Å². The van der Waals surface area contributed by atoms with Crippen LogP contribution < -0.4 is 5.32 Å². The number of fused-ring (bicyclic) bond motifs is 1. The van der Waals surface area contributed by atoms with E-state index in [4.69, 9.17) is 25.4 Å². The largest absolute Gasteiger partial charge is 0.481 e. The third-order valence-electron chi connectivity index (χ3n) is 6.69. The van der Waals surface area contributed by atoms with E-state index < -0.39 is 41.9 Å². The second-order valence-corrected chi connectivity index (χ2v) is 9.87. The molecule has 1 amide bonds. The molecule has 41 heavy (non-hydrogen) atoms. The number of amides is 1. The molecule has 1 aliphatic heterocycles. The summed E-state index contributed by atoms with van der Waals surface area (Å²) in [5.41, 5.74) is 0.492. The minimum Gasteiger partial charge on any atom is -0.481 e. The van der Waals surface area contributed by atoms with E-state index >= 15 is 0 Å². The summed E-state index contributed by atoms with van der Waals surface area (Å²) in [6.45, 7) is 3.87. The van der Waals surface area contributed by atoms with E-state index in [1.54, 1.807) is 12.1 Å². The Kier molecular flexibility index (Phi) is 10.0. The predicted molar refractivity (Wildman–Crippen MR) is 143 cm³/mol. The van der Waals surface area contributed by atoms with Gasteiger partial charge in [-0.1, -0.05) is 24.3 Å². The van der Waals surface area contributed by atoms with Gasteiger partial charge in [-0.25, -0.2) is 14.2 Å². The number of aromatic nitrogens is 2. The Hall–Kier alpha value is -4.49. The van der Waals surface area contributed by atoms with E-state index in [1.165, 1.54) is 19.1 Å². The number of nitrogens with one attached hydrogen (secondary N) is 1. The molecular formula is C28H31FN4O8. The van der Waals surface area contributed by atoms with E-state index in [1.807, 2.05) is 30.5 Å². The van der Waals surface area contributed by atoms with Gasteiger partial charge in [0.15, 0.2) is 5.60 Å². The number of hydrogen-bond donors (Lipinski definition) is 5. The van der Waals surface area contributed by atoms with Crippen LogP contribution in [0.1, 0.15) is 43.9 Å². The van der Waals surface area contributed by atoms with Gasteiger partial charge in [0.05, 0.1) is 41.3 Å². The lowest BCUT2D eigenvalue weighted by molar-refractivity contribution is -0.170. The number of rotatable bonds is 9. The molecule has 2 aromatic carbocycles. The summed E-state index contributed by atoms with van der Waals surface area (Å²) >= 11 is 0. The van der Waals surface area contributed by atoms with Crippen LogP contribution in [0.4, 0.5) is 4.39 Å². The minimum absolute atomic E-state index is 0.0711. The number of piperidine rings is 1. The number of likely N-dealkylation sites (tertiary alicyclic amines) is 1. The van der Waals surface area contributed by atoms with Crippen molar-refractivity contribution in [3.63, 3.8) is 0 Å². The zero-order valence-electron chi connectivity index (χ0n) is 22.3. The Morgan fingerprint density at radius 1 is 0.951 bits per heavy atom. The lowest BCUT2D eigenvalue weighted by Gasteiger charge is -2.42. The number of carbonyl (C=O) groups is 4. The van der Waals surface area contributed by atoms with Gasteiger partial charge in [0, 0.05) is 26.6 Å². The first kappa shape index (κ1) is 31.0. The van der Waals surface area contributed by atoms with E-state index in [0.717, 1.165) is 54.8 Å². The van der Waals surface area contributed by atoms with Crippen LogP contribution in [0, 0.1) is 5.82 Å². The SMILES string of the molecule is CC(=O)NC1(c2ccc(F)cc2)CCN(Cc2cnc3ccccc3n2)CC1.O=C(O)CC(O)(CC(=O)O)C(=O)O. The maximum Gasteiger partial charge on any atom is 0.336 e. The Balaban J connectivity index is 0.000000302. The van der Waals surface area contributed by atoms with Crippen molar-refractivity contribution in [2.45, 2.75) is 50.3 Å². The quantitative estimate of drug-likeness (QED) is 0.253. The average molecular weight is 571 g/mol.